The van der Waals surface area contributed by atoms with E-state index in [0.29, 0.717) is 11.5 Å². The lowest BCUT2D eigenvalue weighted by molar-refractivity contribution is 0.268. The summed E-state index contributed by atoms with van der Waals surface area (Å²) in [6.45, 7) is 10.2. The normalized spacial score (nSPS) is 14.1. The second kappa shape index (κ2) is 5.61. The summed E-state index contributed by atoms with van der Waals surface area (Å²) in [4.78, 5) is 5.50. The molecule has 0 aliphatic heterocycles. The maximum atomic E-state index is 4.13. The summed E-state index contributed by atoms with van der Waals surface area (Å²) < 4.78 is 0. The Bertz CT molecular complexity index is 262. The van der Waals surface area contributed by atoms with Crippen molar-refractivity contribution in [1.29, 1.82) is 0 Å². The van der Waals surface area contributed by atoms with E-state index >= 15 is 0 Å². The average molecular weight is 226 g/mol. The summed E-state index contributed by atoms with van der Waals surface area (Å²) in [5.41, 5.74) is 2.22. The van der Waals surface area contributed by atoms with E-state index in [1.807, 2.05) is 11.7 Å². The van der Waals surface area contributed by atoms with Crippen LogP contribution in [0.25, 0.3) is 0 Å². The van der Waals surface area contributed by atoms with Gasteiger partial charge in [-0.05, 0) is 24.8 Å². The van der Waals surface area contributed by atoms with E-state index in [2.05, 4.69) is 38.0 Å². The fourth-order valence-electron chi connectivity index (χ4n) is 1.55. The maximum absolute atomic E-state index is 4.13. The van der Waals surface area contributed by atoms with Gasteiger partial charge < -0.3 is 5.32 Å². The molecule has 86 valence electrons. The van der Waals surface area contributed by atoms with E-state index in [-0.39, 0.29) is 0 Å². The first-order valence-electron chi connectivity index (χ1n) is 5.64. The fourth-order valence-corrected chi connectivity index (χ4v) is 2.19. The Balaban J connectivity index is 2.57. The monoisotopic (exact) mass is 226 g/mol. The molecule has 0 saturated heterocycles. The van der Waals surface area contributed by atoms with Crippen LogP contribution in [0.4, 0.5) is 0 Å². The molecule has 0 radical (unpaired) electrons. The van der Waals surface area contributed by atoms with Gasteiger partial charge in [0.05, 0.1) is 5.51 Å². The van der Waals surface area contributed by atoms with Gasteiger partial charge in [-0.25, -0.2) is 0 Å². The minimum absolute atomic E-state index is 0.305. The van der Waals surface area contributed by atoms with Gasteiger partial charge in [-0.15, -0.1) is 11.3 Å². The van der Waals surface area contributed by atoms with Crippen LogP contribution in [0, 0.1) is 5.41 Å². The van der Waals surface area contributed by atoms with Crippen molar-refractivity contribution in [2.24, 2.45) is 5.41 Å². The van der Waals surface area contributed by atoms with Crippen molar-refractivity contribution in [2.75, 3.05) is 6.54 Å². The lowest BCUT2D eigenvalue weighted by Crippen LogP contribution is -2.42. The van der Waals surface area contributed by atoms with Crippen molar-refractivity contribution >= 4 is 11.3 Å². The molecule has 1 N–H and O–H groups in total. The zero-order valence-corrected chi connectivity index (χ0v) is 11.0. The predicted octanol–water partition coefficient (Wildman–Crippen LogP) is 3.10. The SMILES string of the molecule is CCCNC(Cc1cncs1)C(C)(C)C. The van der Waals surface area contributed by atoms with Gasteiger partial charge in [-0.2, -0.15) is 0 Å². The number of hydrogen-bond acceptors (Lipinski definition) is 3. The topological polar surface area (TPSA) is 24.9 Å². The quantitative estimate of drug-likeness (QED) is 0.834. The molecule has 3 heteroatoms. The lowest BCUT2D eigenvalue weighted by Gasteiger charge is -2.31. The van der Waals surface area contributed by atoms with Crippen molar-refractivity contribution in [3.05, 3.63) is 16.6 Å². The van der Waals surface area contributed by atoms with Crippen molar-refractivity contribution in [3.63, 3.8) is 0 Å². The molecule has 0 aliphatic carbocycles. The van der Waals surface area contributed by atoms with E-state index < -0.39 is 0 Å². The van der Waals surface area contributed by atoms with Gasteiger partial charge in [-0.3, -0.25) is 4.98 Å². The van der Waals surface area contributed by atoms with Crippen LogP contribution in [0.5, 0.6) is 0 Å². The van der Waals surface area contributed by atoms with Crippen LogP contribution >= 0.6 is 11.3 Å². The standard InChI is InChI=1S/C12H22N2S/c1-5-6-14-11(12(2,3)4)7-10-8-13-9-15-10/h8-9,11,14H,5-7H2,1-4H3. The molecule has 0 spiro atoms. The van der Waals surface area contributed by atoms with Crippen LogP contribution < -0.4 is 5.32 Å². The van der Waals surface area contributed by atoms with Crippen LogP contribution in [-0.4, -0.2) is 17.6 Å². The van der Waals surface area contributed by atoms with E-state index in [0.717, 1.165) is 13.0 Å². The Hall–Kier alpha value is -0.410. The summed E-state index contributed by atoms with van der Waals surface area (Å²) in [6, 6.07) is 0.540. The minimum atomic E-state index is 0.305. The molecule has 1 rings (SSSR count). The van der Waals surface area contributed by atoms with Crippen LogP contribution in [0.3, 0.4) is 0 Å². The molecule has 15 heavy (non-hydrogen) atoms. The highest BCUT2D eigenvalue weighted by atomic mass is 32.1. The molecular weight excluding hydrogens is 204 g/mol. The van der Waals surface area contributed by atoms with Crippen LogP contribution in [0.1, 0.15) is 39.0 Å². The summed E-state index contributed by atoms with van der Waals surface area (Å²) in [6.07, 6.45) is 4.26. The molecule has 0 aromatic carbocycles. The number of rotatable bonds is 5. The van der Waals surface area contributed by atoms with Gasteiger partial charge in [-0.1, -0.05) is 27.7 Å². The van der Waals surface area contributed by atoms with Crippen LogP contribution in [-0.2, 0) is 6.42 Å². The van der Waals surface area contributed by atoms with Gasteiger partial charge in [0.2, 0.25) is 0 Å². The number of nitrogens with one attached hydrogen (secondary N) is 1. The third-order valence-corrected chi connectivity index (χ3v) is 3.38. The Labute approximate surface area is 97.1 Å². The summed E-state index contributed by atoms with van der Waals surface area (Å²) >= 11 is 1.75. The predicted molar refractivity (Wildman–Crippen MR) is 67.4 cm³/mol. The van der Waals surface area contributed by atoms with Crippen molar-refractivity contribution in [2.45, 2.75) is 46.6 Å². The van der Waals surface area contributed by atoms with Gasteiger partial charge in [0.1, 0.15) is 0 Å². The number of aromatic nitrogens is 1. The smallest absolute Gasteiger partial charge is 0.0794 e. The Morgan fingerprint density at radius 2 is 2.20 bits per heavy atom. The van der Waals surface area contributed by atoms with Crippen molar-refractivity contribution in [1.82, 2.24) is 10.3 Å². The largest absolute Gasteiger partial charge is 0.313 e. The molecule has 1 heterocycles. The first-order chi connectivity index (χ1) is 7.04. The molecule has 1 aromatic rings. The zero-order chi connectivity index (χ0) is 11.3. The molecule has 2 nitrogen and oxygen atoms in total. The zero-order valence-electron chi connectivity index (χ0n) is 10.2. The second-order valence-electron chi connectivity index (χ2n) is 5.04. The highest BCUT2D eigenvalue weighted by Crippen LogP contribution is 2.23. The Kier molecular flexibility index (Phi) is 4.74. The van der Waals surface area contributed by atoms with Crippen molar-refractivity contribution in [3.8, 4) is 0 Å². The highest BCUT2D eigenvalue weighted by Gasteiger charge is 2.24. The molecule has 0 aliphatic rings. The third kappa shape index (κ3) is 4.31. The van der Waals surface area contributed by atoms with Gasteiger partial charge in [0.15, 0.2) is 0 Å². The van der Waals surface area contributed by atoms with Crippen LogP contribution in [0.2, 0.25) is 0 Å². The number of thiazole rings is 1. The molecule has 0 bridgehead atoms. The van der Waals surface area contributed by atoms with E-state index in [9.17, 15) is 0 Å². The fraction of sp³-hybridized carbons (Fsp3) is 0.750. The molecule has 0 amide bonds. The summed E-state index contributed by atoms with van der Waals surface area (Å²) in [5.74, 6) is 0. The number of nitrogens with zero attached hydrogens (tertiary/aromatic N) is 1. The Morgan fingerprint density at radius 1 is 1.47 bits per heavy atom. The summed E-state index contributed by atoms with van der Waals surface area (Å²) in [7, 11) is 0. The molecule has 0 saturated carbocycles. The number of hydrogen-bond donors (Lipinski definition) is 1. The maximum Gasteiger partial charge on any atom is 0.0794 e. The minimum Gasteiger partial charge on any atom is -0.313 e. The average Bonchev–Trinajstić information content (AvgIpc) is 2.62. The first kappa shape index (κ1) is 12.7. The third-order valence-electron chi connectivity index (χ3n) is 2.57. The highest BCUT2D eigenvalue weighted by molar-refractivity contribution is 7.09. The Morgan fingerprint density at radius 3 is 2.67 bits per heavy atom. The summed E-state index contributed by atoms with van der Waals surface area (Å²) in [5, 5.41) is 3.63. The molecule has 1 aromatic heterocycles. The molecule has 0 fully saturated rings. The molecule has 1 unspecified atom stereocenters. The van der Waals surface area contributed by atoms with Gasteiger partial charge >= 0.3 is 0 Å². The molecular formula is C12H22N2S. The van der Waals surface area contributed by atoms with E-state index in [1.165, 1.54) is 11.3 Å². The first-order valence-corrected chi connectivity index (χ1v) is 6.52. The van der Waals surface area contributed by atoms with E-state index in [4.69, 9.17) is 0 Å². The second-order valence-corrected chi connectivity index (χ2v) is 6.02. The van der Waals surface area contributed by atoms with Gasteiger partial charge in [0.25, 0.3) is 0 Å². The van der Waals surface area contributed by atoms with Crippen LogP contribution in [0.15, 0.2) is 11.7 Å². The molecule has 1 atom stereocenters. The van der Waals surface area contributed by atoms with E-state index in [1.54, 1.807) is 11.3 Å². The van der Waals surface area contributed by atoms with Gasteiger partial charge in [0, 0.05) is 17.1 Å². The lowest BCUT2D eigenvalue weighted by atomic mass is 9.84. The van der Waals surface area contributed by atoms with Crippen molar-refractivity contribution < 1.29 is 0 Å².